The van der Waals surface area contributed by atoms with E-state index in [0.717, 1.165) is 29.9 Å². The summed E-state index contributed by atoms with van der Waals surface area (Å²) in [5.74, 6) is -0.142. The smallest absolute Gasteiger partial charge is 0.242 e. The van der Waals surface area contributed by atoms with Gasteiger partial charge in [-0.15, -0.1) is 0 Å². The van der Waals surface area contributed by atoms with Gasteiger partial charge in [-0.25, -0.2) is 8.42 Å². The first kappa shape index (κ1) is 30.0. The number of morpholine rings is 1. The zero-order valence-electron chi connectivity index (χ0n) is 23.3. The Morgan fingerprint density at radius 1 is 0.951 bits per heavy atom. The van der Waals surface area contributed by atoms with E-state index in [1.165, 1.54) is 12.1 Å². The molecule has 0 unspecified atom stereocenters. The number of ether oxygens (including phenoxy) is 2. The van der Waals surface area contributed by atoms with Gasteiger partial charge in [0.15, 0.2) is 0 Å². The van der Waals surface area contributed by atoms with E-state index in [2.05, 4.69) is 20.3 Å². The third-order valence-corrected chi connectivity index (χ3v) is 8.25. The van der Waals surface area contributed by atoms with Crippen LogP contribution in [-0.4, -0.2) is 59.7 Å². The third-order valence-electron chi connectivity index (χ3n) is 6.77. The van der Waals surface area contributed by atoms with Crippen LogP contribution >= 0.6 is 0 Å². The van der Waals surface area contributed by atoms with Crippen LogP contribution in [0.25, 0.3) is 0 Å². The van der Waals surface area contributed by atoms with Crippen molar-refractivity contribution < 1.29 is 27.5 Å². The minimum Gasteiger partial charge on any atom is -0.497 e. The Morgan fingerprint density at radius 2 is 1.61 bits per heavy atom. The van der Waals surface area contributed by atoms with Crippen LogP contribution in [-0.2, 0) is 30.9 Å². The van der Waals surface area contributed by atoms with Gasteiger partial charge < -0.3 is 25.0 Å². The summed E-state index contributed by atoms with van der Waals surface area (Å²) >= 11 is 0. The molecule has 1 atom stereocenters. The zero-order valence-corrected chi connectivity index (χ0v) is 24.1. The molecule has 2 amide bonds. The Morgan fingerprint density at radius 3 is 2.24 bits per heavy atom. The van der Waals surface area contributed by atoms with Gasteiger partial charge in [0.1, 0.15) is 11.8 Å². The van der Waals surface area contributed by atoms with Gasteiger partial charge >= 0.3 is 0 Å². The molecule has 0 aromatic heterocycles. The van der Waals surface area contributed by atoms with E-state index < -0.39 is 22.0 Å². The van der Waals surface area contributed by atoms with Crippen LogP contribution in [0.4, 0.5) is 11.4 Å². The average molecular weight is 581 g/mol. The topological polar surface area (TPSA) is 126 Å². The normalized spacial score (nSPS) is 14.2. The van der Waals surface area contributed by atoms with E-state index in [0.29, 0.717) is 31.2 Å². The Hall–Kier alpha value is -3.93. The second kappa shape index (κ2) is 14.1. The van der Waals surface area contributed by atoms with Crippen LogP contribution in [0.3, 0.4) is 0 Å². The first-order chi connectivity index (χ1) is 19.7. The molecule has 218 valence electrons. The number of amides is 2. The van der Waals surface area contributed by atoms with Crippen molar-refractivity contribution in [1.82, 2.24) is 10.0 Å². The summed E-state index contributed by atoms with van der Waals surface area (Å²) in [6.07, 6.45) is -0.0855. The van der Waals surface area contributed by atoms with Crippen molar-refractivity contribution in [3.05, 3.63) is 83.9 Å². The van der Waals surface area contributed by atoms with Crippen LogP contribution in [0.15, 0.2) is 77.7 Å². The monoisotopic (exact) mass is 580 g/mol. The summed E-state index contributed by atoms with van der Waals surface area (Å²) < 4.78 is 39.3. The van der Waals surface area contributed by atoms with E-state index in [4.69, 9.17) is 9.47 Å². The fourth-order valence-corrected chi connectivity index (χ4v) is 5.56. The molecule has 3 aromatic rings. The molecule has 1 aliphatic rings. The number of nitrogens with one attached hydrogen (secondary N) is 3. The Kier molecular flexibility index (Phi) is 10.3. The lowest BCUT2D eigenvalue weighted by atomic mass is 10.1. The molecule has 11 heteroatoms. The van der Waals surface area contributed by atoms with Crippen LogP contribution in [0.5, 0.6) is 5.75 Å². The maximum Gasteiger partial charge on any atom is 0.242 e. The first-order valence-electron chi connectivity index (χ1n) is 13.5. The minimum absolute atomic E-state index is 0.0305. The summed E-state index contributed by atoms with van der Waals surface area (Å²) in [6, 6.07) is 19.8. The molecule has 1 saturated heterocycles. The highest BCUT2D eigenvalue weighted by molar-refractivity contribution is 7.89. The lowest BCUT2D eigenvalue weighted by Gasteiger charge is -2.29. The number of carbonyl (C=O) groups excluding carboxylic acids is 2. The van der Waals surface area contributed by atoms with Crippen molar-refractivity contribution in [3.8, 4) is 5.75 Å². The highest BCUT2D eigenvalue weighted by Gasteiger charge is 2.27. The van der Waals surface area contributed by atoms with Crippen LogP contribution in [0.2, 0.25) is 0 Å². The summed E-state index contributed by atoms with van der Waals surface area (Å²) in [6.45, 7) is 5.05. The molecule has 0 spiro atoms. The van der Waals surface area contributed by atoms with Gasteiger partial charge in [-0.1, -0.05) is 29.8 Å². The van der Waals surface area contributed by atoms with E-state index in [1.807, 2.05) is 31.2 Å². The van der Waals surface area contributed by atoms with Crippen molar-refractivity contribution >= 4 is 33.2 Å². The molecule has 0 radical (unpaired) electrons. The van der Waals surface area contributed by atoms with Crippen LogP contribution < -0.4 is 25.0 Å². The quantitative estimate of drug-likeness (QED) is 0.300. The number of benzene rings is 3. The van der Waals surface area contributed by atoms with E-state index >= 15 is 0 Å². The van der Waals surface area contributed by atoms with Gasteiger partial charge in [0.05, 0.1) is 25.2 Å². The number of rotatable bonds is 12. The number of carbonyl (C=O) groups is 2. The van der Waals surface area contributed by atoms with Gasteiger partial charge in [-0.05, 0) is 67.4 Å². The largest absolute Gasteiger partial charge is 0.497 e. The lowest BCUT2D eigenvalue weighted by Crippen LogP contribution is -2.44. The summed E-state index contributed by atoms with van der Waals surface area (Å²) in [5, 5.41) is 5.61. The van der Waals surface area contributed by atoms with Crippen molar-refractivity contribution in [2.24, 2.45) is 0 Å². The van der Waals surface area contributed by atoms with Gasteiger partial charge in [-0.3, -0.25) is 9.59 Å². The van der Waals surface area contributed by atoms with Gasteiger partial charge in [-0.2, -0.15) is 4.72 Å². The lowest BCUT2D eigenvalue weighted by molar-refractivity contribution is -0.122. The number of nitrogens with zero attached hydrogens (tertiary/aromatic N) is 1. The molecule has 3 N–H and O–H groups in total. The molecule has 10 nitrogen and oxygen atoms in total. The van der Waals surface area contributed by atoms with Crippen LogP contribution in [0, 0.1) is 6.92 Å². The molecule has 0 aliphatic carbocycles. The highest BCUT2D eigenvalue weighted by atomic mass is 32.2. The molecule has 4 rings (SSSR count). The molecule has 1 aliphatic heterocycles. The number of hydrogen-bond acceptors (Lipinski definition) is 7. The molecule has 0 saturated carbocycles. The van der Waals surface area contributed by atoms with Gasteiger partial charge in [0.2, 0.25) is 21.8 Å². The number of aryl methyl sites for hydroxylation is 1. The SMILES string of the molecule is COc1ccc(CNC(=O)CC[C@H](NS(=O)(=O)c2ccc(C)cc2)C(=O)Nc2ccc(N3CCOCC3)cc2)cc1. The van der Waals surface area contributed by atoms with Crippen molar-refractivity contribution in [3.63, 3.8) is 0 Å². The minimum atomic E-state index is -4.02. The van der Waals surface area contributed by atoms with Crippen molar-refractivity contribution in [1.29, 1.82) is 0 Å². The number of anilines is 2. The van der Waals surface area contributed by atoms with Gasteiger partial charge in [0.25, 0.3) is 0 Å². The predicted molar refractivity (Wildman–Crippen MR) is 157 cm³/mol. The fourth-order valence-electron chi connectivity index (χ4n) is 4.33. The Bertz CT molecular complexity index is 1400. The molecule has 41 heavy (non-hydrogen) atoms. The number of hydrogen-bond donors (Lipinski definition) is 3. The first-order valence-corrected chi connectivity index (χ1v) is 14.9. The Labute approximate surface area is 241 Å². The molecule has 3 aromatic carbocycles. The van der Waals surface area contributed by atoms with Crippen molar-refractivity contribution in [2.45, 2.75) is 37.2 Å². The van der Waals surface area contributed by atoms with E-state index in [-0.39, 0.29) is 23.6 Å². The summed E-state index contributed by atoms with van der Waals surface area (Å²) in [7, 11) is -2.44. The molecular weight excluding hydrogens is 544 g/mol. The molecule has 0 bridgehead atoms. The predicted octanol–water partition coefficient (Wildman–Crippen LogP) is 3.22. The van der Waals surface area contributed by atoms with E-state index in [1.54, 1.807) is 43.5 Å². The molecule has 1 heterocycles. The van der Waals surface area contributed by atoms with E-state index in [9.17, 15) is 18.0 Å². The van der Waals surface area contributed by atoms with Crippen molar-refractivity contribution in [2.75, 3.05) is 43.6 Å². The zero-order chi connectivity index (χ0) is 29.2. The van der Waals surface area contributed by atoms with Crippen LogP contribution in [0.1, 0.15) is 24.0 Å². The number of sulfonamides is 1. The highest BCUT2D eigenvalue weighted by Crippen LogP contribution is 2.20. The third kappa shape index (κ3) is 8.78. The Balaban J connectivity index is 1.41. The second-order valence-electron chi connectivity index (χ2n) is 9.79. The fraction of sp³-hybridized carbons (Fsp3) is 0.333. The molecular formula is C30H36N4O6S. The number of methoxy groups -OCH3 is 1. The second-order valence-corrected chi connectivity index (χ2v) is 11.5. The maximum absolute atomic E-state index is 13.3. The summed E-state index contributed by atoms with van der Waals surface area (Å²) in [4.78, 5) is 28.2. The van der Waals surface area contributed by atoms with Gasteiger partial charge in [0, 0.05) is 37.4 Å². The standard InChI is InChI=1S/C30H36N4O6S/c1-22-3-13-27(14-4-22)41(37,38)33-28(15-16-29(35)31-21-23-5-11-26(39-2)12-6-23)30(36)32-24-7-9-25(10-8-24)34-17-19-40-20-18-34/h3-14,28,33H,15-21H2,1-2H3,(H,31,35)(H,32,36)/t28-/m0/s1. The molecule has 1 fully saturated rings. The summed E-state index contributed by atoms with van der Waals surface area (Å²) in [5.41, 5.74) is 3.33. The average Bonchev–Trinajstić information content (AvgIpc) is 2.99. The maximum atomic E-state index is 13.3.